The highest BCUT2D eigenvalue weighted by atomic mass is 35.5. The zero-order valence-electron chi connectivity index (χ0n) is 18.0. The Bertz CT molecular complexity index is 831. The number of aromatic nitrogens is 1. The molecule has 2 unspecified atom stereocenters. The summed E-state index contributed by atoms with van der Waals surface area (Å²) in [4.78, 5) is 42.2. The summed E-state index contributed by atoms with van der Waals surface area (Å²) in [5.74, 6) is -1.48. The summed E-state index contributed by atoms with van der Waals surface area (Å²) in [6.07, 6.45) is -2.63. The van der Waals surface area contributed by atoms with Crippen molar-refractivity contribution in [3.8, 4) is 0 Å². The molecule has 0 bridgehead atoms. The number of ether oxygens (including phenoxy) is 2. The standard InChI is InChI=1S/C20H28ClN3O6/c1-19(2,3)29-17(27)23-15-11(7-8-13(21)22-15)14(25)12-9-10-24(16(12)26)18(28)30-20(4,5)6/h7-8,12,14,25H,9-10H2,1-6H3,(H,22,23,27). The van der Waals surface area contributed by atoms with Crippen LogP contribution in [0.2, 0.25) is 5.15 Å². The summed E-state index contributed by atoms with van der Waals surface area (Å²) in [5, 5.41) is 13.4. The zero-order valence-corrected chi connectivity index (χ0v) is 18.7. The van der Waals surface area contributed by atoms with Gasteiger partial charge in [0.05, 0.1) is 12.0 Å². The SMILES string of the molecule is CC(C)(C)OC(=O)Nc1nc(Cl)ccc1C(O)C1CCN(C(=O)OC(C)(C)C)C1=O. The molecule has 1 aliphatic heterocycles. The molecule has 1 aromatic rings. The molecule has 1 aromatic heterocycles. The van der Waals surface area contributed by atoms with Crippen LogP contribution in [0.4, 0.5) is 15.4 Å². The van der Waals surface area contributed by atoms with E-state index in [1.165, 1.54) is 12.1 Å². The van der Waals surface area contributed by atoms with Crippen LogP contribution in [0.5, 0.6) is 0 Å². The number of halogens is 1. The summed E-state index contributed by atoms with van der Waals surface area (Å²) in [5.41, 5.74) is -1.30. The third kappa shape index (κ3) is 6.30. The topological polar surface area (TPSA) is 118 Å². The van der Waals surface area contributed by atoms with Crippen molar-refractivity contribution in [3.05, 3.63) is 22.8 Å². The molecule has 0 aliphatic carbocycles. The molecule has 2 heterocycles. The lowest BCUT2D eigenvalue weighted by Gasteiger charge is -2.24. The van der Waals surface area contributed by atoms with Gasteiger partial charge in [-0.15, -0.1) is 0 Å². The maximum absolute atomic E-state index is 12.7. The van der Waals surface area contributed by atoms with Crippen LogP contribution in [-0.4, -0.2) is 50.8 Å². The molecule has 2 N–H and O–H groups in total. The number of carbonyl (C=O) groups excluding carboxylic acids is 3. The van der Waals surface area contributed by atoms with E-state index in [-0.39, 0.29) is 29.5 Å². The van der Waals surface area contributed by atoms with Gasteiger partial charge in [0.1, 0.15) is 22.2 Å². The van der Waals surface area contributed by atoms with Gasteiger partial charge < -0.3 is 14.6 Å². The molecule has 1 saturated heterocycles. The number of nitrogens with zero attached hydrogens (tertiary/aromatic N) is 2. The number of hydrogen-bond donors (Lipinski definition) is 2. The van der Waals surface area contributed by atoms with Crippen molar-refractivity contribution in [2.75, 3.05) is 11.9 Å². The van der Waals surface area contributed by atoms with Crippen LogP contribution in [0, 0.1) is 5.92 Å². The molecule has 0 saturated carbocycles. The Labute approximate surface area is 180 Å². The van der Waals surface area contributed by atoms with Gasteiger partial charge in [-0.25, -0.2) is 19.5 Å². The van der Waals surface area contributed by atoms with Gasteiger partial charge in [-0.1, -0.05) is 11.6 Å². The van der Waals surface area contributed by atoms with E-state index in [4.69, 9.17) is 21.1 Å². The van der Waals surface area contributed by atoms with E-state index in [1.807, 2.05) is 0 Å². The summed E-state index contributed by atoms with van der Waals surface area (Å²) in [6, 6.07) is 2.90. The lowest BCUT2D eigenvalue weighted by Crippen LogP contribution is -2.39. The van der Waals surface area contributed by atoms with E-state index >= 15 is 0 Å². The van der Waals surface area contributed by atoms with E-state index in [0.29, 0.717) is 0 Å². The summed E-state index contributed by atoms with van der Waals surface area (Å²) < 4.78 is 10.5. The largest absolute Gasteiger partial charge is 0.444 e. The quantitative estimate of drug-likeness (QED) is 0.683. The molecule has 30 heavy (non-hydrogen) atoms. The van der Waals surface area contributed by atoms with E-state index in [9.17, 15) is 19.5 Å². The van der Waals surface area contributed by atoms with Crippen molar-refractivity contribution < 1.29 is 29.0 Å². The summed E-state index contributed by atoms with van der Waals surface area (Å²) in [6.45, 7) is 10.3. The molecule has 10 heteroatoms. The lowest BCUT2D eigenvalue weighted by molar-refractivity contribution is -0.133. The molecule has 0 radical (unpaired) electrons. The Kier molecular flexibility index (Phi) is 6.98. The maximum atomic E-state index is 12.7. The van der Waals surface area contributed by atoms with Crippen molar-refractivity contribution in [1.29, 1.82) is 0 Å². The highest BCUT2D eigenvalue weighted by molar-refractivity contribution is 6.29. The number of carbonyl (C=O) groups is 3. The number of aliphatic hydroxyl groups excluding tert-OH is 1. The number of pyridine rings is 1. The Hall–Kier alpha value is -2.39. The first-order chi connectivity index (χ1) is 13.7. The van der Waals surface area contributed by atoms with Crippen LogP contribution < -0.4 is 5.32 Å². The van der Waals surface area contributed by atoms with E-state index in [0.717, 1.165) is 4.90 Å². The fourth-order valence-corrected chi connectivity index (χ4v) is 3.04. The molecule has 1 fully saturated rings. The molecule has 3 amide bonds. The average Bonchev–Trinajstić information content (AvgIpc) is 2.92. The Morgan fingerprint density at radius 3 is 2.37 bits per heavy atom. The molecular weight excluding hydrogens is 414 g/mol. The van der Waals surface area contributed by atoms with Crippen LogP contribution in [-0.2, 0) is 14.3 Å². The molecule has 9 nitrogen and oxygen atoms in total. The second-order valence-corrected chi connectivity index (χ2v) is 9.40. The second-order valence-electron chi connectivity index (χ2n) is 9.01. The fourth-order valence-electron chi connectivity index (χ4n) is 2.90. The zero-order chi connectivity index (χ0) is 22.9. The predicted octanol–water partition coefficient (Wildman–Crippen LogP) is 3.90. The van der Waals surface area contributed by atoms with Gasteiger partial charge >= 0.3 is 12.2 Å². The first-order valence-corrected chi connectivity index (χ1v) is 9.94. The number of hydrogen-bond acceptors (Lipinski definition) is 7. The monoisotopic (exact) mass is 441 g/mol. The van der Waals surface area contributed by atoms with Crippen LogP contribution in [0.15, 0.2) is 12.1 Å². The molecular formula is C20H28ClN3O6. The Morgan fingerprint density at radius 2 is 1.80 bits per heavy atom. The lowest BCUT2D eigenvalue weighted by atomic mass is 9.94. The van der Waals surface area contributed by atoms with E-state index in [1.54, 1.807) is 41.5 Å². The van der Waals surface area contributed by atoms with Gasteiger partial charge in [0.2, 0.25) is 5.91 Å². The van der Waals surface area contributed by atoms with Crippen molar-refractivity contribution in [2.24, 2.45) is 5.92 Å². The van der Waals surface area contributed by atoms with Crippen LogP contribution in [0.25, 0.3) is 0 Å². The van der Waals surface area contributed by atoms with Crippen molar-refractivity contribution in [2.45, 2.75) is 65.3 Å². The number of aliphatic hydroxyl groups is 1. The van der Waals surface area contributed by atoms with Crippen LogP contribution in [0.1, 0.15) is 59.6 Å². The van der Waals surface area contributed by atoms with Gasteiger partial charge in [0.15, 0.2) is 0 Å². The summed E-state index contributed by atoms with van der Waals surface area (Å²) in [7, 11) is 0. The molecule has 0 spiro atoms. The smallest absolute Gasteiger partial charge is 0.417 e. The molecule has 166 valence electrons. The number of anilines is 1. The molecule has 0 aromatic carbocycles. The van der Waals surface area contributed by atoms with E-state index < -0.39 is 41.3 Å². The van der Waals surface area contributed by atoms with Crippen molar-refractivity contribution in [1.82, 2.24) is 9.88 Å². The first-order valence-electron chi connectivity index (χ1n) is 9.57. The van der Waals surface area contributed by atoms with Crippen molar-refractivity contribution >= 4 is 35.5 Å². The van der Waals surface area contributed by atoms with Gasteiger partial charge in [-0.2, -0.15) is 0 Å². The molecule has 2 rings (SSSR count). The maximum Gasteiger partial charge on any atom is 0.417 e. The van der Waals surface area contributed by atoms with Crippen LogP contribution in [0.3, 0.4) is 0 Å². The fraction of sp³-hybridized carbons (Fsp3) is 0.600. The summed E-state index contributed by atoms with van der Waals surface area (Å²) >= 11 is 5.93. The minimum atomic E-state index is -1.32. The second kappa shape index (κ2) is 8.77. The van der Waals surface area contributed by atoms with Gasteiger partial charge in [-0.05, 0) is 60.1 Å². The first kappa shape index (κ1) is 23.9. The highest BCUT2D eigenvalue weighted by Crippen LogP contribution is 2.35. The minimum absolute atomic E-state index is 0.0206. The van der Waals surface area contributed by atoms with Gasteiger partial charge in [0.25, 0.3) is 0 Å². The molecule has 1 aliphatic rings. The normalized spacial score (nSPS) is 18.2. The van der Waals surface area contributed by atoms with Gasteiger partial charge in [-0.3, -0.25) is 10.1 Å². The highest BCUT2D eigenvalue weighted by Gasteiger charge is 2.42. The minimum Gasteiger partial charge on any atom is -0.444 e. The average molecular weight is 442 g/mol. The number of likely N-dealkylation sites (tertiary alicyclic amines) is 1. The number of rotatable bonds is 3. The number of nitrogens with one attached hydrogen (secondary N) is 1. The predicted molar refractivity (Wildman–Crippen MR) is 110 cm³/mol. The van der Waals surface area contributed by atoms with Crippen molar-refractivity contribution in [3.63, 3.8) is 0 Å². The van der Waals surface area contributed by atoms with Gasteiger partial charge in [0, 0.05) is 12.1 Å². The Morgan fingerprint density at radius 1 is 1.20 bits per heavy atom. The molecule has 2 atom stereocenters. The van der Waals surface area contributed by atoms with E-state index in [2.05, 4.69) is 10.3 Å². The number of amides is 3. The number of imide groups is 1. The Balaban J connectivity index is 2.21. The van der Waals surface area contributed by atoms with Crippen LogP contribution >= 0.6 is 11.6 Å². The third-order valence-electron chi connectivity index (χ3n) is 4.07. The third-order valence-corrected chi connectivity index (χ3v) is 4.28.